The van der Waals surface area contributed by atoms with Gasteiger partial charge in [0.15, 0.2) is 11.6 Å². The van der Waals surface area contributed by atoms with Crippen LogP contribution < -0.4 is 0 Å². The molecule has 114 heavy (non-hydrogen) atoms. The molecule has 17 aromatic carbocycles. The second-order valence-electron chi connectivity index (χ2n) is 28.4. The zero-order valence-corrected chi connectivity index (χ0v) is 62.3. The molecule has 0 spiro atoms. The lowest BCUT2D eigenvalue weighted by Crippen LogP contribution is -1.97. The highest BCUT2D eigenvalue weighted by Gasteiger charge is 2.19. The van der Waals surface area contributed by atoms with Crippen LogP contribution in [0.1, 0.15) is 0 Å². The highest BCUT2D eigenvalue weighted by atomic mass is 14.9. The van der Waals surface area contributed by atoms with Crippen LogP contribution in [0.4, 0.5) is 0 Å². The van der Waals surface area contributed by atoms with Crippen LogP contribution in [0.2, 0.25) is 0 Å². The number of nitrogens with zero attached hydrogens (tertiary/aromatic N) is 6. The molecular weight excluding hydrogens is 1380 g/mol. The van der Waals surface area contributed by atoms with Gasteiger partial charge >= 0.3 is 0 Å². The average Bonchev–Trinajstić information content (AvgIpc) is 0.778. The Bertz CT molecular complexity index is 6070. The van der Waals surface area contributed by atoms with Crippen LogP contribution in [0, 0.1) is 0 Å². The second kappa shape index (κ2) is 31.4. The lowest BCUT2D eigenvalue weighted by Gasteiger charge is -2.14. The highest BCUT2D eigenvalue weighted by molar-refractivity contribution is 6.03. The van der Waals surface area contributed by atoms with Crippen molar-refractivity contribution in [1.29, 1.82) is 0 Å². The number of hydrogen-bond acceptors (Lipinski definition) is 6. The maximum absolute atomic E-state index is 5.26. The van der Waals surface area contributed by atoms with Crippen molar-refractivity contribution in [3.63, 3.8) is 0 Å². The predicted octanol–water partition coefficient (Wildman–Crippen LogP) is 28.4. The minimum absolute atomic E-state index is 0.705. The molecule has 6 heteroatoms. The van der Waals surface area contributed by atoms with Gasteiger partial charge in [-0.15, -0.1) is 0 Å². The molecule has 21 rings (SSSR count). The van der Waals surface area contributed by atoms with E-state index in [0.29, 0.717) is 5.82 Å². The van der Waals surface area contributed by atoms with E-state index in [0.717, 1.165) is 101 Å². The van der Waals surface area contributed by atoms with E-state index in [9.17, 15) is 0 Å². The number of rotatable bonds is 12. The molecule has 4 heterocycles. The van der Waals surface area contributed by atoms with Crippen LogP contribution in [0.15, 0.2) is 437 Å². The first kappa shape index (κ1) is 69.2. The van der Waals surface area contributed by atoms with Crippen molar-refractivity contribution in [2.24, 2.45) is 0 Å². The summed E-state index contributed by atoms with van der Waals surface area (Å²) in [5.41, 5.74) is 23.6. The number of benzene rings is 17. The van der Waals surface area contributed by atoms with E-state index in [4.69, 9.17) is 24.9 Å². The number of fused-ring (bicyclic) bond motifs is 6. The Morgan fingerprint density at radius 3 is 0.640 bits per heavy atom. The van der Waals surface area contributed by atoms with Crippen molar-refractivity contribution in [2.75, 3.05) is 0 Å². The summed E-state index contributed by atoms with van der Waals surface area (Å²) in [5, 5.41) is 14.4. The molecule has 21 aromatic rings. The molecule has 0 saturated carbocycles. The normalized spacial score (nSPS) is 11.2. The Hall–Kier alpha value is -15.2. The quantitative estimate of drug-likeness (QED) is 0.121. The molecule has 0 bridgehead atoms. The third kappa shape index (κ3) is 14.3. The van der Waals surface area contributed by atoms with Crippen LogP contribution in [0.3, 0.4) is 0 Å². The van der Waals surface area contributed by atoms with Gasteiger partial charge in [0.1, 0.15) is 0 Å². The van der Waals surface area contributed by atoms with Crippen LogP contribution in [-0.2, 0) is 0 Å². The average molecular weight is 1450 g/mol. The first-order valence-electron chi connectivity index (χ1n) is 38.5. The van der Waals surface area contributed by atoms with E-state index < -0.39 is 0 Å². The maximum Gasteiger partial charge on any atom is 0.160 e. The molecular formula is C108H72N6. The van der Waals surface area contributed by atoms with Gasteiger partial charge in [0, 0.05) is 56.9 Å². The molecule has 0 aliphatic rings. The molecule has 0 N–H and O–H groups in total. The van der Waals surface area contributed by atoms with E-state index in [1.54, 1.807) is 6.20 Å². The van der Waals surface area contributed by atoms with E-state index in [2.05, 4.69) is 417 Å². The fraction of sp³-hybridized carbons (Fsp3) is 0. The third-order valence-corrected chi connectivity index (χ3v) is 21.4. The summed E-state index contributed by atoms with van der Waals surface area (Å²) in [6.45, 7) is 0. The van der Waals surface area contributed by atoms with E-state index in [1.807, 2.05) is 18.3 Å². The molecule has 0 saturated heterocycles. The first-order chi connectivity index (χ1) is 56.5. The second-order valence-corrected chi connectivity index (χ2v) is 28.4. The van der Waals surface area contributed by atoms with Crippen molar-refractivity contribution < 1.29 is 0 Å². The van der Waals surface area contributed by atoms with Crippen LogP contribution >= 0.6 is 0 Å². The smallest absolute Gasteiger partial charge is 0.160 e. The van der Waals surface area contributed by atoms with Crippen molar-refractivity contribution in [3.05, 3.63) is 437 Å². The summed E-state index contributed by atoms with van der Waals surface area (Å²) in [7, 11) is 0. The fourth-order valence-electron chi connectivity index (χ4n) is 15.6. The predicted molar refractivity (Wildman–Crippen MR) is 476 cm³/mol. The Labute approximate surface area is 662 Å². The molecule has 0 radical (unpaired) electrons. The van der Waals surface area contributed by atoms with Gasteiger partial charge in [-0.25, -0.2) is 24.9 Å². The van der Waals surface area contributed by atoms with Gasteiger partial charge in [0.05, 0.1) is 34.2 Å². The molecule has 0 unspecified atom stereocenters. The summed E-state index contributed by atoms with van der Waals surface area (Å²) < 4.78 is 0. The zero-order valence-electron chi connectivity index (χ0n) is 62.3. The van der Waals surface area contributed by atoms with Gasteiger partial charge in [-0.1, -0.05) is 394 Å². The van der Waals surface area contributed by atoms with Gasteiger partial charge in [-0.3, -0.25) is 4.98 Å². The van der Waals surface area contributed by atoms with Crippen LogP contribution in [-0.4, -0.2) is 29.9 Å². The van der Waals surface area contributed by atoms with Gasteiger partial charge in [-0.05, 0) is 139 Å². The zero-order chi connectivity index (χ0) is 75.9. The topological polar surface area (TPSA) is 77.3 Å². The Balaban J connectivity index is 0.000000115. The van der Waals surface area contributed by atoms with Crippen molar-refractivity contribution in [2.45, 2.75) is 0 Å². The monoisotopic (exact) mass is 1450 g/mol. The third-order valence-electron chi connectivity index (χ3n) is 21.4. The van der Waals surface area contributed by atoms with E-state index >= 15 is 0 Å². The SMILES string of the molecule is c1ccc(-c2ccc(-c3cc(-c4cccc5ccccc45)nc(-c4cccc5ccccc45)c3)cc2)cc1.c1ccc(-c2ccc(-c3nc(-c4cccc5ccccc45)cc(-c4cccc5ccccc45)n3)cc2)cc1.c1cncc(-c2ccc(-c3nc(-c4cccc5ccccc45)cc(-c4cccc5ccccc45)n3)cc2)c1. The summed E-state index contributed by atoms with van der Waals surface area (Å²) in [6.07, 6.45) is 3.67. The van der Waals surface area contributed by atoms with Gasteiger partial charge in [0.25, 0.3) is 0 Å². The largest absolute Gasteiger partial charge is 0.264 e. The number of aromatic nitrogens is 6. The number of hydrogen-bond donors (Lipinski definition) is 0. The molecule has 534 valence electrons. The minimum atomic E-state index is 0.705. The Morgan fingerprint density at radius 1 is 0.140 bits per heavy atom. The van der Waals surface area contributed by atoms with Crippen LogP contribution in [0.25, 0.3) is 199 Å². The fourth-order valence-corrected chi connectivity index (χ4v) is 15.6. The summed E-state index contributed by atoms with van der Waals surface area (Å²) >= 11 is 0. The lowest BCUT2D eigenvalue weighted by molar-refractivity contribution is 1.19. The van der Waals surface area contributed by atoms with Crippen LogP contribution in [0.5, 0.6) is 0 Å². The number of pyridine rings is 2. The van der Waals surface area contributed by atoms with Gasteiger partial charge in [0.2, 0.25) is 0 Å². The Morgan fingerprint density at radius 2 is 0.360 bits per heavy atom. The summed E-state index contributed by atoms with van der Waals surface area (Å²) in [5.74, 6) is 1.43. The molecule has 0 atom stereocenters. The summed E-state index contributed by atoms with van der Waals surface area (Å²) in [4.78, 5) is 30.0. The summed E-state index contributed by atoms with van der Waals surface area (Å²) in [6, 6.07) is 149. The van der Waals surface area contributed by atoms with Crippen molar-refractivity contribution in [3.8, 4) is 135 Å². The molecule has 6 nitrogen and oxygen atoms in total. The van der Waals surface area contributed by atoms with E-state index in [-0.39, 0.29) is 0 Å². The Kier molecular flexibility index (Phi) is 19.1. The van der Waals surface area contributed by atoms with Crippen molar-refractivity contribution in [1.82, 2.24) is 29.9 Å². The maximum atomic E-state index is 5.26. The standard InChI is InChI=1S/C37H25N.C36H24N2.C35H23N3/c1-2-10-26(11-3-1)27-20-22-28(23-21-27)31-24-36(34-18-8-14-29-12-4-6-16-32(29)34)38-37(25-31)35-19-9-15-30-13-5-7-17-33(30)35;1-2-10-25(11-3-1)26-20-22-29(23-21-26)36-37-34(32-18-8-14-27-12-4-6-16-30(27)32)24-35(38-36)33-19-9-15-28-13-5-7-17-31(28)33;1-3-13-29-25(8-1)10-5-15-31(29)33-22-34(32-16-6-11-26-9-2-4-14-30(26)32)38-35(37-33)27-19-17-24(18-20-27)28-12-7-21-36-23-28/h1-25H;1-24H;1-23H. The molecule has 0 aliphatic heterocycles. The van der Waals surface area contributed by atoms with E-state index in [1.165, 1.54) is 92.5 Å². The minimum Gasteiger partial charge on any atom is -0.264 e. The molecule has 4 aromatic heterocycles. The van der Waals surface area contributed by atoms with Gasteiger partial charge in [-0.2, -0.15) is 0 Å². The first-order valence-corrected chi connectivity index (χ1v) is 38.5. The highest BCUT2D eigenvalue weighted by Crippen LogP contribution is 2.41. The molecule has 0 fully saturated rings. The van der Waals surface area contributed by atoms with Crippen molar-refractivity contribution >= 4 is 64.6 Å². The van der Waals surface area contributed by atoms with Gasteiger partial charge < -0.3 is 0 Å². The molecule has 0 aliphatic carbocycles. The lowest BCUT2D eigenvalue weighted by atomic mass is 9.95. The molecule has 0 amide bonds.